The zero-order valence-corrected chi connectivity index (χ0v) is 17.8. The van der Waals surface area contributed by atoms with Crippen LogP contribution in [0.5, 0.6) is 0 Å². The Morgan fingerprint density at radius 2 is 1.77 bits per heavy atom. The molecule has 0 aliphatic carbocycles. The number of rotatable bonds is 6. The molecule has 2 heterocycles. The summed E-state index contributed by atoms with van der Waals surface area (Å²) in [4.78, 5) is 14.2. The van der Waals surface area contributed by atoms with Gasteiger partial charge in [0.1, 0.15) is 11.5 Å². The zero-order valence-electron chi connectivity index (χ0n) is 16.2. The van der Waals surface area contributed by atoms with Gasteiger partial charge in [-0.3, -0.25) is 9.35 Å². The van der Waals surface area contributed by atoms with Crippen molar-refractivity contribution in [2.24, 2.45) is 0 Å². The lowest BCUT2D eigenvalue weighted by molar-refractivity contribution is -0.129. The molecule has 1 fully saturated rings. The van der Waals surface area contributed by atoms with Crippen LogP contribution >= 0.6 is 11.8 Å². The minimum Gasteiger partial charge on any atom is -0.461 e. The number of hydrogen-bond acceptors (Lipinski definition) is 6. The lowest BCUT2D eigenvalue weighted by Gasteiger charge is -2.21. The third-order valence-corrected chi connectivity index (χ3v) is 7.90. The van der Waals surface area contributed by atoms with Gasteiger partial charge in [-0.15, -0.1) is 11.8 Å². The van der Waals surface area contributed by atoms with Crippen LogP contribution in [0, 0.1) is 11.3 Å². The molecule has 3 aromatic rings. The van der Waals surface area contributed by atoms with Gasteiger partial charge < -0.3 is 9.32 Å². The molecule has 0 saturated carbocycles. The van der Waals surface area contributed by atoms with E-state index in [0.29, 0.717) is 17.1 Å². The molecule has 1 aromatic heterocycles. The van der Waals surface area contributed by atoms with Crippen molar-refractivity contribution in [1.82, 2.24) is 4.90 Å². The monoisotopic (exact) mass is 454 g/mol. The van der Waals surface area contributed by atoms with Crippen LogP contribution in [0.2, 0.25) is 0 Å². The third kappa shape index (κ3) is 4.66. The summed E-state index contributed by atoms with van der Waals surface area (Å²) < 4.78 is 38.0. The standard InChI is InChI=1S/C22H18N2O5S2/c23-13-15-6-8-17(9-7-15)19-11-10-18(29-19)12-20-21(25)24(22(30-20)31(26,27)28)14-16-4-2-1-3-5-16/h1-11,20,22H,12,14H2,(H,26,27,28). The average Bonchev–Trinajstić information content (AvgIpc) is 3.35. The second-order valence-electron chi connectivity index (χ2n) is 7.06. The van der Waals surface area contributed by atoms with Gasteiger partial charge in [-0.1, -0.05) is 30.3 Å². The number of nitrogens with zero attached hydrogens (tertiary/aromatic N) is 2. The number of carbonyl (C=O) groups excluding carboxylic acids is 1. The number of thioether (sulfide) groups is 1. The van der Waals surface area contributed by atoms with E-state index in [2.05, 4.69) is 6.07 Å². The Morgan fingerprint density at radius 1 is 1.06 bits per heavy atom. The highest BCUT2D eigenvalue weighted by atomic mass is 32.3. The van der Waals surface area contributed by atoms with E-state index in [1.54, 1.807) is 60.7 Å². The maximum Gasteiger partial charge on any atom is 0.296 e. The Balaban J connectivity index is 1.52. The lowest BCUT2D eigenvalue weighted by Crippen LogP contribution is -2.38. The summed E-state index contributed by atoms with van der Waals surface area (Å²) in [5.74, 6) is 0.746. The van der Waals surface area contributed by atoms with Crippen LogP contribution in [0.4, 0.5) is 0 Å². The Morgan fingerprint density at radius 3 is 2.42 bits per heavy atom. The number of carbonyl (C=O) groups is 1. The van der Waals surface area contributed by atoms with Gasteiger partial charge in [0.25, 0.3) is 10.1 Å². The van der Waals surface area contributed by atoms with Crippen LogP contribution in [-0.4, -0.2) is 33.7 Å². The molecule has 4 rings (SSSR count). The van der Waals surface area contributed by atoms with Crippen molar-refractivity contribution in [3.63, 3.8) is 0 Å². The van der Waals surface area contributed by atoms with Crippen LogP contribution < -0.4 is 0 Å². The first-order valence-electron chi connectivity index (χ1n) is 9.40. The van der Waals surface area contributed by atoms with Gasteiger partial charge in [-0.2, -0.15) is 13.7 Å². The molecule has 2 aromatic carbocycles. The minimum absolute atomic E-state index is 0.0856. The Bertz CT molecular complexity index is 1230. The average molecular weight is 455 g/mol. The largest absolute Gasteiger partial charge is 0.461 e. The molecular weight excluding hydrogens is 436 g/mol. The number of furan rings is 1. The fraction of sp³-hybridized carbons (Fsp3) is 0.182. The molecule has 0 radical (unpaired) electrons. The van der Waals surface area contributed by atoms with E-state index < -0.39 is 20.1 Å². The molecule has 0 bridgehead atoms. The van der Waals surface area contributed by atoms with E-state index in [1.165, 1.54) is 4.90 Å². The lowest BCUT2D eigenvalue weighted by atomic mass is 10.1. The summed E-state index contributed by atoms with van der Waals surface area (Å²) in [6.45, 7) is 0.0856. The van der Waals surface area contributed by atoms with Crippen molar-refractivity contribution < 1.29 is 22.2 Å². The van der Waals surface area contributed by atoms with Gasteiger partial charge in [0, 0.05) is 18.5 Å². The van der Waals surface area contributed by atoms with Crippen molar-refractivity contribution in [2.45, 2.75) is 22.9 Å². The van der Waals surface area contributed by atoms with Crippen molar-refractivity contribution >= 4 is 27.8 Å². The quantitative estimate of drug-likeness (QED) is 0.566. The number of hydrogen-bond donors (Lipinski definition) is 1. The van der Waals surface area contributed by atoms with Crippen LogP contribution in [0.1, 0.15) is 16.9 Å². The maximum atomic E-state index is 13.0. The van der Waals surface area contributed by atoms with E-state index in [1.807, 2.05) is 6.07 Å². The van der Waals surface area contributed by atoms with Gasteiger partial charge in [0.15, 0.2) is 0 Å². The van der Waals surface area contributed by atoms with Crippen LogP contribution in [0.3, 0.4) is 0 Å². The molecule has 2 atom stereocenters. The van der Waals surface area contributed by atoms with Crippen LogP contribution in [-0.2, 0) is 27.9 Å². The molecule has 7 nitrogen and oxygen atoms in total. The van der Waals surface area contributed by atoms with Crippen molar-refractivity contribution in [3.8, 4) is 17.4 Å². The smallest absolute Gasteiger partial charge is 0.296 e. The Hall–Kier alpha value is -3.06. The van der Waals surface area contributed by atoms with Gasteiger partial charge in [0.2, 0.25) is 10.6 Å². The third-order valence-electron chi connectivity index (χ3n) is 4.89. The second kappa shape index (κ2) is 8.59. The molecule has 158 valence electrons. The number of amides is 1. The molecule has 0 spiro atoms. The molecular formula is C22H18N2O5S2. The van der Waals surface area contributed by atoms with E-state index in [9.17, 15) is 17.8 Å². The Kier molecular flexibility index (Phi) is 5.87. The molecule has 1 N–H and O–H groups in total. The van der Waals surface area contributed by atoms with Crippen LogP contribution in [0.25, 0.3) is 11.3 Å². The predicted octanol–water partition coefficient (Wildman–Crippen LogP) is 3.68. The zero-order chi connectivity index (χ0) is 22.0. The summed E-state index contributed by atoms with van der Waals surface area (Å²) in [5.41, 5.74) is 2.10. The normalized spacial score (nSPS) is 18.8. The molecule has 9 heteroatoms. The summed E-state index contributed by atoms with van der Waals surface area (Å²) in [7, 11) is -4.46. The maximum absolute atomic E-state index is 13.0. The minimum atomic E-state index is -4.46. The van der Waals surface area contributed by atoms with Crippen molar-refractivity contribution in [2.75, 3.05) is 0 Å². The van der Waals surface area contributed by atoms with E-state index in [4.69, 9.17) is 9.68 Å². The first kappa shape index (κ1) is 21.2. The molecule has 2 unspecified atom stereocenters. The van der Waals surface area contributed by atoms with E-state index in [-0.39, 0.29) is 18.9 Å². The summed E-state index contributed by atoms with van der Waals surface area (Å²) in [6.07, 6.45) is 0.192. The first-order chi connectivity index (χ1) is 14.8. The summed E-state index contributed by atoms with van der Waals surface area (Å²) in [5, 5.41) is 8.21. The summed E-state index contributed by atoms with van der Waals surface area (Å²) >= 11 is 0.900. The fourth-order valence-electron chi connectivity index (χ4n) is 3.39. The second-order valence-corrected chi connectivity index (χ2v) is 10.1. The molecule has 1 saturated heterocycles. The van der Waals surface area contributed by atoms with Gasteiger partial charge in [-0.05, 0) is 42.0 Å². The predicted molar refractivity (Wildman–Crippen MR) is 116 cm³/mol. The van der Waals surface area contributed by atoms with Crippen molar-refractivity contribution in [3.05, 3.63) is 83.6 Å². The number of benzene rings is 2. The summed E-state index contributed by atoms with van der Waals surface area (Å²) in [6, 6.07) is 21.5. The fourth-order valence-corrected chi connectivity index (χ4v) is 5.98. The molecule has 1 amide bonds. The highest BCUT2D eigenvalue weighted by Crippen LogP contribution is 2.38. The SMILES string of the molecule is N#Cc1ccc(-c2ccc(CC3SC(S(=O)(=O)O)N(Cc4ccccc4)C3=O)o2)cc1. The highest BCUT2D eigenvalue weighted by Gasteiger charge is 2.46. The molecule has 1 aliphatic heterocycles. The molecule has 31 heavy (non-hydrogen) atoms. The van der Waals surface area contributed by atoms with E-state index in [0.717, 1.165) is 22.9 Å². The molecule has 1 aliphatic rings. The van der Waals surface area contributed by atoms with Gasteiger partial charge in [-0.25, -0.2) is 0 Å². The first-order valence-corrected chi connectivity index (χ1v) is 11.8. The highest BCUT2D eigenvalue weighted by molar-refractivity contribution is 8.12. The Labute approximate surface area is 184 Å². The van der Waals surface area contributed by atoms with Gasteiger partial charge in [0.05, 0.1) is 16.9 Å². The van der Waals surface area contributed by atoms with Crippen LogP contribution in [0.15, 0.2) is 71.1 Å². The van der Waals surface area contributed by atoms with E-state index >= 15 is 0 Å². The topological polar surface area (TPSA) is 112 Å². The van der Waals surface area contributed by atoms with Crippen molar-refractivity contribution in [1.29, 1.82) is 5.26 Å². The van der Waals surface area contributed by atoms with Gasteiger partial charge >= 0.3 is 0 Å². The number of nitriles is 1.